The SMILES string of the molecule is CC(=O)c1c(C2C[C@H]3CC[C@@H](C2)N3C(=O)c2ncn[nH]2)nc2c(-c3ccc(N=CC(C)=CN)nc3)cnn2c1N. The Morgan fingerprint density at radius 2 is 1.90 bits per heavy atom. The van der Waals surface area contributed by atoms with Crippen LogP contribution >= 0.6 is 0 Å². The van der Waals surface area contributed by atoms with E-state index in [9.17, 15) is 9.59 Å². The molecule has 40 heavy (non-hydrogen) atoms. The summed E-state index contributed by atoms with van der Waals surface area (Å²) >= 11 is 0. The van der Waals surface area contributed by atoms with Crippen molar-refractivity contribution in [2.24, 2.45) is 10.7 Å². The van der Waals surface area contributed by atoms with Gasteiger partial charge in [-0.3, -0.25) is 14.7 Å². The molecule has 4 aromatic rings. The smallest absolute Gasteiger partial charge is 0.291 e. The Kier molecular flexibility index (Phi) is 6.33. The summed E-state index contributed by atoms with van der Waals surface area (Å²) in [6, 6.07) is 3.72. The van der Waals surface area contributed by atoms with Crippen LogP contribution in [0.4, 0.5) is 11.6 Å². The molecule has 4 aromatic heterocycles. The molecule has 0 saturated carbocycles. The highest BCUT2D eigenvalue weighted by atomic mass is 16.2. The Morgan fingerprint density at radius 1 is 1.12 bits per heavy atom. The second-order valence-electron chi connectivity index (χ2n) is 10.3. The highest BCUT2D eigenvalue weighted by Gasteiger charge is 2.45. The number of ketones is 1. The number of nitrogens with zero attached hydrogens (tertiary/aromatic N) is 8. The van der Waals surface area contributed by atoms with E-state index in [1.54, 1.807) is 24.7 Å². The van der Waals surface area contributed by atoms with Crippen molar-refractivity contribution in [2.75, 3.05) is 5.73 Å². The number of aromatic nitrogens is 7. The normalized spacial score (nSPS) is 21.0. The van der Waals surface area contributed by atoms with E-state index in [2.05, 4.69) is 30.3 Å². The molecule has 204 valence electrons. The first-order valence-corrected chi connectivity index (χ1v) is 13.1. The molecular weight excluding hydrogens is 510 g/mol. The average molecular weight is 540 g/mol. The molecule has 2 saturated heterocycles. The van der Waals surface area contributed by atoms with Crippen LogP contribution in [0.25, 0.3) is 16.8 Å². The predicted molar refractivity (Wildman–Crippen MR) is 148 cm³/mol. The lowest BCUT2D eigenvalue weighted by atomic mass is 9.85. The number of allylic oxidation sites excluding steroid dienone is 1. The molecule has 2 fully saturated rings. The van der Waals surface area contributed by atoms with Gasteiger partial charge in [-0.15, -0.1) is 0 Å². The molecule has 1 unspecified atom stereocenters. The molecule has 1 amide bonds. The number of H-pyrrole nitrogens is 1. The molecule has 13 nitrogen and oxygen atoms in total. The first-order valence-electron chi connectivity index (χ1n) is 13.1. The lowest BCUT2D eigenvalue weighted by molar-refractivity contribution is 0.0556. The van der Waals surface area contributed by atoms with Gasteiger partial charge < -0.3 is 16.4 Å². The topological polar surface area (TPSA) is 186 Å². The Morgan fingerprint density at radius 3 is 2.52 bits per heavy atom. The van der Waals surface area contributed by atoms with E-state index in [1.807, 2.05) is 17.9 Å². The van der Waals surface area contributed by atoms with Gasteiger partial charge in [-0.05, 0) is 63.4 Å². The van der Waals surface area contributed by atoms with Gasteiger partial charge in [0.25, 0.3) is 5.91 Å². The van der Waals surface area contributed by atoms with Crippen LogP contribution in [0.5, 0.6) is 0 Å². The fourth-order valence-electron chi connectivity index (χ4n) is 5.89. The minimum Gasteiger partial charge on any atom is -0.404 e. The van der Waals surface area contributed by atoms with E-state index in [1.165, 1.54) is 24.0 Å². The Balaban J connectivity index is 1.36. The first kappa shape index (κ1) is 25.3. The molecule has 5 N–H and O–H groups in total. The molecule has 3 atom stereocenters. The number of amides is 1. The van der Waals surface area contributed by atoms with Gasteiger partial charge in [0, 0.05) is 41.5 Å². The molecule has 2 bridgehead atoms. The zero-order valence-electron chi connectivity index (χ0n) is 22.2. The molecule has 6 heterocycles. The standard InChI is InChI=1S/C27H29N11O2/c1-14(9-28)10-30-21-6-3-16(11-31-21)20-12-34-38-24(29)22(15(2)39)23(35-26(20)38)17-7-18-4-5-19(8-17)37(18)27(40)25-32-13-33-36-25/h3,6,9-13,17-19H,4-5,7-8,28-29H2,1-2H3,(H,32,33,36)/t17?,18-,19+. The van der Waals surface area contributed by atoms with E-state index in [0.717, 1.165) is 29.5 Å². The number of hydrogen-bond acceptors (Lipinski definition) is 10. The van der Waals surface area contributed by atoms with Gasteiger partial charge in [-0.2, -0.15) is 14.7 Å². The number of carbonyl (C=O) groups excluding carboxylic acids is 2. The van der Waals surface area contributed by atoms with Gasteiger partial charge in [0.05, 0.1) is 17.5 Å². The van der Waals surface area contributed by atoms with Gasteiger partial charge in [0.15, 0.2) is 17.2 Å². The summed E-state index contributed by atoms with van der Waals surface area (Å²) in [7, 11) is 0. The molecule has 0 radical (unpaired) electrons. The van der Waals surface area contributed by atoms with Crippen LogP contribution in [0.1, 0.15) is 72.1 Å². The van der Waals surface area contributed by atoms with Gasteiger partial charge in [0.1, 0.15) is 12.1 Å². The summed E-state index contributed by atoms with van der Waals surface area (Å²) in [4.78, 5) is 45.7. The molecule has 2 aliphatic rings. The third-order valence-corrected chi connectivity index (χ3v) is 7.76. The van der Waals surface area contributed by atoms with E-state index < -0.39 is 0 Å². The van der Waals surface area contributed by atoms with Crippen LogP contribution in [0, 0.1) is 0 Å². The zero-order chi connectivity index (χ0) is 28.0. The number of nitrogen functional groups attached to an aromatic ring is 1. The van der Waals surface area contributed by atoms with E-state index >= 15 is 0 Å². The van der Waals surface area contributed by atoms with Crippen molar-refractivity contribution in [3.8, 4) is 11.1 Å². The van der Waals surface area contributed by atoms with E-state index in [0.29, 0.717) is 35.6 Å². The number of Topliss-reactive ketones (excluding diaryl/α,β-unsaturated/α-hetero) is 1. The number of hydrogen-bond donors (Lipinski definition) is 3. The lowest BCUT2D eigenvalue weighted by Crippen LogP contribution is -2.46. The number of anilines is 1. The van der Waals surface area contributed by atoms with Crippen LogP contribution in [0.15, 0.2) is 47.6 Å². The molecule has 0 aromatic carbocycles. The summed E-state index contributed by atoms with van der Waals surface area (Å²) in [5, 5.41) is 11.0. The minimum atomic E-state index is -0.169. The summed E-state index contributed by atoms with van der Waals surface area (Å²) in [5.41, 5.74) is 16.0. The van der Waals surface area contributed by atoms with Gasteiger partial charge in [-0.1, -0.05) is 0 Å². The minimum absolute atomic E-state index is 0.0137. The van der Waals surface area contributed by atoms with Gasteiger partial charge in [-0.25, -0.2) is 19.9 Å². The number of aliphatic imine (C=N–C) groups is 1. The van der Waals surface area contributed by atoms with Crippen LogP contribution in [-0.2, 0) is 0 Å². The van der Waals surface area contributed by atoms with Crippen LogP contribution in [0.3, 0.4) is 0 Å². The molecule has 13 heteroatoms. The average Bonchev–Trinajstić information content (AvgIpc) is 3.70. The van der Waals surface area contributed by atoms with Crippen LogP contribution in [-0.4, -0.2) is 69.7 Å². The number of pyridine rings is 1. The van der Waals surface area contributed by atoms with Crippen molar-refractivity contribution in [3.63, 3.8) is 0 Å². The molecule has 2 aliphatic heterocycles. The van der Waals surface area contributed by atoms with E-state index in [-0.39, 0.29) is 41.3 Å². The maximum absolute atomic E-state index is 13.1. The second-order valence-corrected chi connectivity index (χ2v) is 10.3. The summed E-state index contributed by atoms with van der Waals surface area (Å²) < 4.78 is 1.51. The van der Waals surface area contributed by atoms with Crippen molar-refractivity contribution >= 4 is 35.2 Å². The van der Waals surface area contributed by atoms with Crippen LogP contribution < -0.4 is 11.5 Å². The van der Waals surface area contributed by atoms with Crippen molar-refractivity contribution in [2.45, 2.75) is 57.5 Å². The maximum Gasteiger partial charge on any atom is 0.291 e. The lowest BCUT2D eigenvalue weighted by Gasteiger charge is -2.38. The first-order chi connectivity index (χ1) is 19.4. The van der Waals surface area contributed by atoms with Crippen molar-refractivity contribution in [1.82, 2.24) is 39.7 Å². The number of fused-ring (bicyclic) bond motifs is 3. The Labute approximate surface area is 229 Å². The summed E-state index contributed by atoms with van der Waals surface area (Å²) in [6.45, 7) is 3.35. The third-order valence-electron chi connectivity index (χ3n) is 7.76. The Bertz CT molecular complexity index is 1640. The number of nitrogens with two attached hydrogens (primary N) is 2. The van der Waals surface area contributed by atoms with E-state index in [4.69, 9.17) is 16.5 Å². The molecule has 0 aliphatic carbocycles. The number of carbonyl (C=O) groups is 2. The molecule has 0 spiro atoms. The monoisotopic (exact) mass is 539 g/mol. The summed E-state index contributed by atoms with van der Waals surface area (Å²) in [6.07, 6.45) is 11.0. The highest BCUT2D eigenvalue weighted by molar-refractivity contribution is 6.00. The maximum atomic E-state index is 13.1. The molecular formula is C27H29N11O2. The highest BCUT2D eigenvalue weighted by Crippen LogP contribution is 2.45. The fourth-order valence-corrected chi connectivity index (χ4v) is 5.89. The fraction of sp³-hybridized carbons (Fsp3) is 0.333. The van der Waals surface area contributed by atoms with Gasteiger partial charge in [0.2, 0.25) is 5.82 Å². The third kappa shape index (κ3) is 4.28. The summed E-state index contributed by atoms with van der Waals surface area (Å²) in [5.74, 6) is 0.672. The second kappa shape index (κ2) is 9.98. The quantitative estimate of drug-likeness (QED) is 0.244. The van der Waals surface area contributed by atoms with Gasteiger partial charge >= 0.3 is 0 Å². The molecule has 6 rings (SSSR count). The predicted octanol–water partition coefficient (Wildman–Crippen LogP) is 2.81. The largest absolute Gasteiger partial charge is 0.404 e. The Hall–Kier alpha value is -4.94. The number of aromatic amines is 1. The van der Waals surface area contributed by atoms with Crippen molar-refractivity contribution < 1.29 is 9.59 Å². The zero-order valence-corrected chi connectivity index (χ0v) is 22.2. The number of nitrogens with one attached hydrogen (secondary N) is 1. The van der Waals surface area contributed by atoms with Crippen molar-refractivity contribution in [1.29, 1.82) is 0 Å². The number of rotatable bonds is 6. The van der Waals surface area contributed by atoms with Crippen molar-refractivity contribution in [3.05, 3.63) is 59.7 Å². The number of piperidine rings is 1. The van der Waals surface area contributed by atoms with Crippen LogP contribution in [0.2, 0.25) is 0 Å².